The summed E-state index contributed by atoms with van der Waals surface area (Å²) in [4.78, 5) is 40.6. The van der Waals surface area contributed by atoms with Crippen molar-refractivity contribution in [3.05, 3.63) is 34.9 Å². The third-order valence-corrected chi connectivity index (χ3v) is 7.07. The molecule has 7 heteroatoms. The first-order valence-electron chi connectivity index (χ1n) is 10.8. The molecule has 7 nitrogen and oxygen atoms in total. The van der Waals surface area contributed by atoms with Crippen molar-refractivity contribution in [1.82, 2.24) is 20.4 Å². The fourth-order valence-corrected chi connectivity index (χ4v) is 5.47. The van der Waals surface area contributed by atoms with Gasteiger partial charge in [-0.1, -0.05) is 12.1 Å². The monoisotopic (exact) mass is 396 g/mol. The molecular formula is C22H28N4O3. The van der Waals surface area contributed by atoms with Gasteiger partial charge in [-0.15, -0.1) is 0 Å². The second kappa shape index (κ2) is 7.54. The maximum Gasteiger partial charge on any atom is 0.255 e. The molecule has 4 aliphatic heterocycles. The zero-order chi connectivity index (χ0) is 20.0. The average molecular weight is 396 g/mol. The van der Waals surface area contributed by atoms with E-state index in [0.717, 1.165) is 50.1 Å². The van der Waals surface area contributed by atoms with Gasteiger partial charge < -0.3 is 10.2 Å². The first-order valence-corrected chi connectivity index (χ1v) is 10.8. The van der Waals surface area contributed by atoms with Crippen LogP contribution in [0.4, 0.5) is 0 Å². The molecule has 0 aromatic heterocycles. The highest BCUT2D eigenvalue weighted by atomic mass is 16.2. The largest absolute Gasteiger partial charge is 0.322 e. The Morgan fingerprint density at radius 1 is 1.07 bits per heavy atom. The number of piperidine rings is 3. The van der Waals surface area contributed by atoms with Gasteiger partial charge in [0.05, 0.1) is 0 Å². The van der Waals surface area contributed by atoms with E-state index in [4.69, 9.17) is 0 Å². The van der Waals surface area contributed by atoms with E-state index in [2.05, 4.69) is 27.7 Å². The molecule has 3 saturated heterocycles. The fourth-order valence-electron chi connectivity index (χ4n) is 5.47. The van der Waals surface area contributed by atoms with Gasteiger partial charge in [0.15, 0.2) is 0 Å². The molecule has 3 unspecified atom stereocenters. The van der Waals surface area contributed by atoms with Crippen molar-refractivity contribution in [3.8, 4) is 0 Å². The number of hydrogen-bond donors (Lipinski definition) is 2. The van der Waals surface area contributed by atoms with Crippen molar-refractivity contribution in [2.45, 2.75) is 44.8 Å². The maximum atomic E-state index is 12.8. The molecule has 29 heavy (non-hydrogen) atoms. The lowest BCUT2D eigenvalue weighted by atomic mass is 9.81. The molecule has 0 bridgehead atoms. The molecule has 4 aliphatic rings. The Labute approximate surface area is 170 Å². The second-order valence-electron chi connectivity index (χ2n) is 8.93. The predicted octanol–water partition coefficient (Wildman–Crippen LogP) is 0.879. The van der Waals surface area contributed by atoms with E-state index in [1.165, 1.54) is 18.4 Å². The summed E-state index contributed by atoms with van der Waals surface area (Å²) in [5, 5.41) is 5.88. The molecule has 3 atom stereocenters. The molecule has 1 aromatic carbocycles. The van der Waals surface area contributed by atoms with Crippen LogP contribution >= 0.6 is 0 Å². The van der Waals surface area contributed by atoms with Crippen LogP contribution < -0.4 is 10.6 Å². The number of amides is 3. The summed E-state index contributed by atoms with van der Waals surface area (Å²) in [6.07, 6.45) is 3.27. The summed E-state index contributed by atoms with van der Waals surface area (Å²) in [6, 6.07) is 5.54. The molecule has 5 rings (SSSR count). The Balaban J connectivity index is 1.26. The smallest absolute Gasteiger partial charge is 0.255 e. The first kappa shape index (κ1) is 18.8. The van der Waals surface area contributed by atoms with Crippen molar-refractivity contribution < 1.29 is 14.4 Å². The van der Waals surface area contributed by atoms with Crippen LogP contribution in [0.3, 0.4) is 0 Å². The number of rotatable bonds is 3. The molecule has 3 fully saturated rings. The van der Waals surface area contributed by atoms with Crippen LogP contribution in [0, 0.1) is 11.8 Å². The third-order valence-electron chi connectivity index (χ3n) is 7.07. The minimum absolute atomic E-state index is 0.102. The Morgan fingerprint density at radius 3 is 2.83 bits per heavy atom. The van der Waals surface area contributed by atoms with Gasteiger partial charge in [0.1, 0.15) is 6.04 Å². The molecule has 0 spiro atoms. The summed E-state index contributed by atoms with van der Waals surface area (Å²) in [6.45, 7) is 5.91. The van der Waals surface area contributed by atoms with Crippen molar-refractivity contribution >= 4 is 17.7 Å². The molecule has 0 saturated carbocycles. The molecule has 0 radical (unpaired) electrons. The van der Waals surface area contributed by atoms with Gasteiger partial charge in [-0.3, -0.25) is 24.6 Å². The molecule has 1 aromatic rings. The van der Waals surface area contributed by atoms with Crippen LogP contribution in [0.1, 0.15) is 47.2 Å². The lowest BCUT2D eigenvalue weighted by Gasteiger charge is -2.41. The number of hydrogen-bond acceptors (Lipinski definition) is 5. The third kappa shape index (κ3) is 3.57. The summed E-state index contributed by atoms with van der Waals surface area (Å²) >= 11 is 0. The Kier molecular flexibility index (Phi) is 4.87. The van der Waals surface area contributed by atoms with Crippen molar-refractivity contribution in [2.24, 2.45) is 11.8 Å². The number of carbonyl (C=O) groups is 3. The molecule has 154 valence electrons. The summed E-state index contributed by atoms with van der Waals surface area (Å²) in [7, 11) is 0. The standard InChI is InChI=1S/C22H28N4O3/c27-20-4-3-19(21(28)24-20)26-13-16-9-14(1-2-18(16)22(26)29)11-25-8-6-15-5-7-23-10-17(15)12-25/h1-2,9,15,17,19,23H,3-8,10-13H2,(H,24,27,28). The van der Waals surface area contributed by atoms with E-state index < -0.39 is 6.04 Å². The van der Waals surface area contributed by atoms with Crippen molar-refractivity contribution in [2.75, 3.05) is 26.2 Å². The fraction of sp³-hybridized carbons (Fsp3) is 0.591. The number of nitrogens with zero attached hydrogens (tertiary/aromatic N) is 2. The van der Waals surface area contributed by atoms with Crippen LogP contribution in [-0.2, 0) is 22.7 Å². The Hall–Kier alpha value is -2.25. The van der Waals surface area contributed by atoms with Crippen molar-refractivity contribution in [3.63, 3.8) is 0 Å². The van der Waals surface area contributed by atoms with Crippen LogP contribution in [0.15, 0.2) is 18.2 Å². The average Bonchev–Trinajstić information content (AvgIpc) is 3.04. The molecular weight excluding hydrogens is 368 g/mol. The van der Waals surface area contributed by atoms with Gasteiger partial charge in [-0.25, -0.2) is 0 Å². The van der Waals surface area contributed by atoms with E-state index in [1.807, 2.05) is 6.07 Å². The van der Waals surface area contributed by atoms with E-state index in [0.29, 0.717) is 18.5 Å². The highest BCUT2D eigenvalue weighted by molar-refractivity contribution is 6.05. The second-order valence-corrected chi connectivity index (χ2v) is 8.93. The van der Waals surface area contributed by atoms with E-state index >= 15 is 0 Å². The normalized spacial score (nSPS) is 30.1. The summed E-state index contributed by atoms with van der Waals surface area (Å²) in [5.74, 6) is 0.903. The number of imide groups is 1. The van der Waals surface area contributed by atoms with E-state index in [9.17, 15) is 14.4 Å². The van der Waals surface area contributed by atoms with Gasteiger partial charge in [0.25, 0.3) is 5.91 Å². The van der Waals surface area contributed by atoms with Crippen molar-refractivity contribution in [1.29, 1.82) is 0 Å². The van der Waals surface area contributed by atoms with E-state index in [-0.39, 0.29) is 24.1 Å². The number of benzene rings is 1. The molecule has 4 heterocycles. The molecule has 2 N–H and O–H groups in total. The molecule has 3 amide bonds. The maximum absolute atomic E-state index is 12.8. The highest BCUT2D eigenvalue weighted by Gasteiger charge is 2.39. The zero-order valence-electron chi connectivity index (χ0n) is 16.7. The van der Waals surface area contributed by atoms with Gasteiger partial charge in [0, 0.05) is 31.6 Å². The lowest BCUT2D eigenvalue weighted by molar-refractivity contribution is -0.136. The van der Waals surface area contributed by atoms with Gasteiger partial charge in [-0.05, 0) is 67.9 Å². The predicted molar refractivity (Wildman–Crippen MR) is 107 cm³/mol. The minimum Gasteiger partial charge on any atom is -0.322 e. The quantitative estimate of drug-likeness (QED) is 0.742. The number of carbonyl (C=O) groups excluding carboxylic acids is 3. The van der Waals surface area contributed by atoms with Crippen LogP contribution in [0.5, 0.6) is 0 Å². The van der Waals surface area contributed by atoms with Gasteiger partial charge in [0.2, 0.25) is 11.8 Å². The van der Waals surface area contributed by atoms with Crippen LogP contribution in [0.25, 0.3) is 0 Å². The van der Waals surface area contributed by atoms with Gasteiger partial charge >= 0.3 is 0 Å². The Morgan fingerprint density at radius 2 is 1.97 bits per heavy atom. The zero-order valence-corrected chi connectivity index (χ0v) is 16.7. The minimum atomic E-state index is -0.547. The van der Waals surface area contributed by atoms with Crippen LogP contribution in [-0.4, -0.2) is 59.7 Å². The van der Waals surface area contributed by atoms with Crippen LogP contribution in [0.2, 0.25) is 0 Å². The number of nitrogens with one attached hydrogen (secondary N) is 2. The Bertz CT molecular complexity index is 854. The lowest BCUT2D eigenvalue weighted by Crippen LogP contribution is -2.52. The number of fused-ring (bicyclic) bond motifs is 2. The summed E-state index contributed by atoms with van der Waals surface area (Å²) < 4.78 is 0. The topological polar surface area (TPSA) is 81.8 Å². The SMILES string of the molecule is O=C1CCC(N2Cc3cc(CN4CCC5CCNCC5C4)ccc3C2=O)C(=O)N1. The highest BCUT2D eigenvalue weighted by Crippen LogP contribution is 2.31. The van der Waals surface area contributed by atoms with Gasteiger partial charge in [-0.2, -0.15) is 0 Å². The number of likely N-dealkylation sites (tertiary alicyclic amines) is 1. The van der Waals surface area contributed by atoms with E-state index in [1.54, 1.807) is 4.90 Å². The summed E-state index contributed by atoms with van der Waals surface area (Å²) in [5.41, 5.74) is 2.91. The first-order chi connectivity index (χ1) is 14.1. The molecule has 0 aliphatic carbocycles.